The number of hydrogen-bond acceptors (Lipinski definition) is 4. The SMILES string of the molecule is Cc1ccc(NS(=O)(=O)CCCCNC2CC2)cn1. The van der Waals surface area contributed by atoms with Crippen molar-refractivity contribution in [1.82, 2.24) is 10.3 Å². The molecule has 106 valence electrons. The number of rotatable bonds is 8. The van der Waals surface area contributed by atoms with Crippen molar-refractivity contribution in [3.63, 3.8) is 0 Å². The fourth-order valence-corrected chi connectivity index (χ4v) is 2.94. The van der Waals surface area contributed by atoms with E-state index in [-0.39, 0.29) is 5.75 Å². The van der Waals surface area contributed by atoms with E-state index in [1.807, 2.05) is 6.92 Å². The zero-order chi connectivity index (χ0) is 13.7. The Labute approximate surface area is 114 Å². The van der Waals surface area contributed by atoms with Crippen LogP contribution in [0.3, 0.4) is 0 Å². The summed E-state index contributed by atoms with van der Waals surface area (Å²) < 4.78 is 26.2. The predicted molar refractivity (Wildman–Crippen MR) is 76.6 cm³/mol. The zero-order valence-electron chi connectivity index (χ0n) is 11.2. The molecule has 1 fully saturated rings. The molecule has 0 aromatic carbocycles. The maximum Gasteiger partial charge on any atom is 0.232 e. The third kappa shape index (κ3) is 5.57. The van der Waals surface area contributed by atoms with E-state index in [1.54, 1.807) is 18.3 Å². The van der Waals surface area contributed by atoms with Gasteiger partial charge in [-0.25, -0.2) is 8.42 Å². The molecule has 1 aromatic rings. The Morgan fingerprint density at radius 2 is 2.11 bits per heavy atom. The second-order valence-corrected chi connectivity index (χ2v) is 6.89. The van der Waals surface area contributed by atoms with E-state index in [2.05, 4.69) is 15.0 Å². The van der Waals surface area contributed by atoms with Gasteiger partial charge in [0.2, 0.25) is 10.0 Å². The summed E-state index contributed by atoms with van der Waals surface area (Å²) in [6.45, 7) is 2.78. The van der Waals surface area contributed by atoms with Crippen molar-refractivity contribution < 1.29 is 8.42 Å². The van der Waals surface area contributed by atoms with Gasteiger partial charge in [0, 0.05) is 11.7 Å². The van der Waals surface area contributed by atoms with Crippen molar-refractivity contribution in [2.45, 2.75) is 38.6 Å². The summed E-state index contributed by atoms with van der Waals surface area (Å²) >= 11 is 0. The number of nitrogens with one attached hydrogen (secondary N) is 2. The van der Waals surface area contributed by atoms with Gasteiger partial charge in [0.05, 0.1) is 17.6 Å². The number of nitrogens with zero attached hydrogens (tertiary/aromatic N) is 1. The van der Waals surface area contributed by atoms with Crippen LogP contribution in [0.25, 0.3) is 0 Å². The summed E-state index contributed by atoms with van der Waals surface area (Å²) in [5.74, 6) is 0.160. The number of aryl methyl sites for hydroxylation is 1. The normalized spacial score (nSPS) is 15.4. The van der Waals surface area contributed by atoms with Crippen LogP contribution in [0.4, 0.5) is 5.69 Å². The summed E-state index contributed by atoms with van der Waals surface area (Å²) in [4.78, 5) is 4.06. The number of anilines is 1. The minimum Gasteiger partial charge on any atom is -0.314 e. The minimum absolute atomic E-state index is 0.160. The quantitative estimate of drug-likeness (QED) is 0.712. The number of pyridine rings is 1. The molecule has 0 unspecified atom stereocenters. The van der Waals surface area contributed by atoms with Crippen LogP contribution < -0.4 is 10.0 Å². The van der Waals surface area contributed by atoms with E-state index in [4.69, 9.17) is 0 Å². The summed E-state index contributed by atoms with van der Waals surface area (Å²) in [5.41, 5.74) is 1.40. The second-order valence-electron chi connectivity index (χ2n) is 5.04. The van der Waals surface area contributed by atoms with E-state index in [1.165, 1.54) is 12.8 Å². The maximum absolute atomic E-state index is 11.8. The van der Waals surface area contributed by atoms with Crippen LogP contribution in [-0.2, 0) is 10.0 Å². The lowest BCUT2D eigenvalue weighted by Crippen LogP contribution is -2.20. The fraction of sp³-hybridized carbons (Fsp3) is 0.615. The molecule has 19 heavy (non-hydrogen) atoms. The molecule has 2 N–H and O–H groups in total. The molecule has 0 aliphatic heterocycles. The van der Waals surface area contributed by atoms with E-state index in [0.717, 1.165) is 18.7 Å². The first-order valence-electron chi connectivity index (χ1n) is 6.72. The molecular weight excluding hydrogens is 262 g/mol. The van der Waals surface area contributed by atoms with Gasteiger partial charge in [0.25, 0.3) is 0 Å². The van der Waals surface area contributed by atoms with Gasteiger partial charge in [-0.05, 0) is 51.3 Å². The summed E-state index contributed by atoms with van der Waals surface area (Å²) in [5, 5.41) is 3.37. The van der Waals surface area contributed by atoms with E-state index in [0.29, 0.717) is 18.2 Å². The van der Waals surface area contributed by atoms with Crippen LogP contribution in [0.15, 0.2) is 18.3 Å². The van der Waals surface area contributed by atoms with Crippen LogP contribution in [0.1, 0.15) is 31.4 Å². The largest absolute Gasteiger partial charge is 0.314 e. The highest BCUT2D eigenvalue weighted by Gasteiger charge is 2.19. The van der Waals surface area contributed by atoms with Crippen LogP contribution >= 0.6 is 0 Å². The lowest BCUT2D eigenvalue weighted by Gasteiger charge is -2.08. The van der Waals surface area contributed by atoms with Crippen LogP contribution in [0, 0.1) is 6.92 Å². The van der Waals surface area contributed by atoms with Crippen molar-refractivity contribution >= 4 is 15.7 Å². The molecule has 1 aromatic heterocycles. The summed E-state index contributed by atoms with van der Waals surface area (Å²) in [7, 11) is -3.25. The number of unbranched alkanes of at least 4 members (excludes halogenated alkanes) is 1. The molecule has 1 aliphatic rings. The van der Waals surface area contributed by atoms with E-state index < -0.39 is 10.0 Å². The molecule has 2 rings (SSSR count). The number of aromatic nitrogens is 1. The zero-order valence-corrected chi connectivity index (χ0v) is 12.0. The van der Waals surface area contributed by atoms with Gasteiger partial charge >= 0.3 is 0 Å². The Balaban J connectivity index is 1.69. The van der Waals surface area contributed by atoms with Crippen molar-refractivity contribution in [2.24, 2.45) is 0 Å². The Hall–Kier alpha value is -1.14. The lowest BCUT2D eigenvalue weighted by atomic mass is 10.3. The molecule has 0 spiro atoms. The Bertz CT molecular complexity index is 495. The molecule has 0 saturated heterocycles. The first-order chi connectivity index (χ1) is 9.05. The van der Waals surface area contributed by atoms with Gasteiger partial charge in [0.15, 0.2) is 0 Å². The van der Waals surface area contributed by atoms with Crippen LogP contribution in [0.2, 0.25) is 0 Å². The first kappa shape index (κ1) is 14.3. The Morgan fingerprint density at radius 3 is 2.74 bits per heavy atom. The third-order valence-corrected chi connectivity index (χ3v) is 4.41. The van der Waals surface area contributed by atoms with Gasteiger partial charge in [0.1, 0.15) is 0 Å². The third-order valence-electron chi connectivity index (χ3n) is 3.03. The molecular formula is C13H21N3O2S. The second kappa shape index (κ2) is 6.34. The van der Waals surface area contributed by atoms with Crippen molar-refractivity contribution in [3.8, 4) is 0 Å². The van der Waals surface area contributed by atoms with Crippen LogP contribution in [-0.4, -0.2) is 31.7 Å². The highest BCUT2D eigenvalue weighted by molar-refractivity contribution is 7.92. The smallest absolute Gasteiger partial charge is 0.232 e. The van der Waals surface area contributed by atoms with Gasteiger partial charge < -0.3 is 5.32 Å². The summed E-state index contributed by atoms with van der Waals surface area (Å²) in [6.07, 6.45) is 5.64. The Kier molecular flexibility index (Phi) is 4.76. The van der Waals surface area contributed by atoms with Gasteiger partial charge in [-0.3, -0.25) is 9.71 Å². The molecule has 0 bridgehead atoms. The van der Waals surface area contributed by atoms with Crippen molar-refractivity contribution in [1.29, 1.82) is 0 Å². The standard InChI is InChI=1S/C13H21N3O2S/c1-11-4-5-13(10-15-11)16-19(17,18)9-3-2-8-14-12-6-7-12/h4-5,10,12,14,16H,2-3,6-9H2,1H3. The lowest BCUT2D eigenvalue weighted by molar-refractivity contribution is 0.591. The highest BCUT2D eigenvalue weighted by atomic mass is 32.2. The highest BCUT2D eigenvalue weighted by Crippen LogP contribution is 2.18. The van der Waals surface area contributed by atoms with Gasteiger partial charge in [-0.15, -0.1) is 0 Å². The van der Waals surface area contributed by atoms with Gasteiger partial charge in [-0.1, -0.05) is 0 Å². The molecule has 0 atom stereocenters. The van der Waals surface area contributed by atoms with E-state index in [9.17, 15) is 8.42 Å². The molecule has 0 radical (unpaired) electrons. The first-order valence-corrected chi connectivity index (χ1v) is 8.37. The topological polar surface area (TPSA) is 71.1 Å². The van der Waals surface area contributed by atoms with E-state index >= 15 is 0 Å². The number of hydrogen-bond donors (Lipinski definition) is 2. The van der Waals surface area contributed by atoms with Gasteiger partial charge in [-0.2, -0.15) is 0 Å². The molecule has 0 amide bonds. The molecule has 5 nitrogen and oxygen atoms in total. The molecule has 1 heterocycles. The maximum atomic E-state index is 11.8. The molecule has 1 saturated carbocycles. The number of sulfonamides is 1. The average molecular weight is 283 g/mol. The predicted octanol–water partition coefficient (Wildman–Crippen LogP) is 1.66. The average Bonchev–Trinajstić information content (AvgIpc) is 3.15. The molecule has 1 aliphatic carbocycles. The minimum atomic E-state index is -3.25. The van der Waals surface area contributed by atoms with Crippen molar-refractivity contribution in [2.75, 3.05) is 17.0 Å². The molecule has 6 heteroatoms. The fourth-order valence-electron chi connectivity index (χ4n) is 1.77. The Morgan fingerprint density at radius 1 is 1.32 bits per heavy atom. The van der Waals surface area contributed by atoms with Crippen molar-refractivity contribution in [3.05, 3.63) is 24.0 Å². The monoisotopic (exact) mass is 283 g/mol. The van der Waals surface area contributed by atoms with Crippen LogP contribution in [0.5, 0.6) is 0 Å². The summed E-state index contributed by atoms with van der Waals surface area (Å²) in [6, 6.07) is 4.21.